The molecule has 0 saturated carbocycles. The molecule has 4 heteroatoms. The zero-order valence-corrected chi connectivity index (χ0v) is 8.30. The van der Waals surface area contributed by atoms with Crippen LogP contribution in [0.2, 0.25) is 0 Å². The van der Waals surface area contributed by atoms with Crippen molar-refractivity contribution in [1.29, 1.82) is 5.26 Å². The fourth-order valence-electron chi connectivity index (χ4n) is 1.13. The van der Waals surface area contributed by atoms with Gasteiger partial charge in [-0.25, -0.2) is 0 Å². The second-order valence-corrected chi connectivity index (χ2v) is 2.93. The molecule has 0 N–H and O–H groups in total. The largest absolute Gasteiger partial charge is 0.275 e. The lowest BCUT2D eigenvalue weighted by atomic mass is 10.2. The molecule has 0 heterocycles. The van der Waals surface area contributed by atoms with Crippen molar-refractivity contribution in [2.75, 3.05) is 6.54 Å². The van der Waals surface area contributed by atoms with Crippen LogP contribution in [0.3, 0.4) is 0 Å². The van der Waals surface area contributed by atoms with Crippen molar-refractivity contribution < 1.29 is 9.59 Å². The standard InChI is InChI=1S/C11H10N2O2/c1-9(14)13(8-7-12)11(15)10-5-3-2-4-6-10/h2-6H,8H2,1H3. The number of rotatable bonds is 2. The molecule has 0 aliphatic heterocycles. The molecule has 4 nitrogen and oxygen atoms in total. The summed E-state index contributed by atoms with van der Waals surface area (Å²) < 4.78 is 0. The van der Waals surface area contributed by atoms with Gasteiger partial charge in [0.15, 0.2) is 0 Å². The minimum absolute atomic E-state index is 0.219. The van der Waals surface area contributed by atoms with Crippen molar-refractivity contribution in [3.05, 3.63) is 35.9 Å². The van der Waals surface area contributed by atoms with Gasteiger partial charge in [0, 0.05) is 12.5 Å². The predicted octanol–water partition coefficient (Wildman–Crippen LogP) is 1.20. The highest BCUT2D eigenvalue weighted by Gasteiger charge is 2.18. The molecule has 0 atom stereocenters. The van der Waals surface area contributed by atoms with Crippen LogP contribution in [0, 0.1) is 11.3 Å². The number of nitriles is 1. The lowest BCUT2D eigenvalue weighted by molar-refractivity contribution is -0.125. The van der Waals surface area contributed by atoms with Crippen molar-refractivity contribution in [2.45, 2.75) is 6.92 Å². The summed E-state index contributed by atoms with van der Waals surface area (Å²) >= 11 is 0. The van der Waals surface area contributed by atoms with Gasteiger partial charge in [-0.15, -0.1) is 0 Å². The van der Waals surface area contributed by atoms with Gasteiger partial charge in [0.2, 0.25) is 5.91 Å². The first-order chi connectivity index (χ1) is 7.16. The molecule has 0 aromatic heterocycles. The van der Waals surface area contributed by atoms with E-state index in [1.54, 1.807) is 36.4 Å². The quantitative estimate of drug-likeness (QED) is 0.677. The Bertz CT molecular complexity index is 406. The number of nitrogens with zero attached hydrogens (tertiary/aromatic N) is 2. The molecule has 0 spiro atoms. The summed E-state index contributed by atoms with van der Waals surface area (Å²) in [4.78, 5) is 23.7. The van der Waals surface area contributed by atoms with Crippen LogP contribution in [0.1, 0.15) is 17.3 Å². The Balaban J connectivity index is 2.92. The number of imide groups is 1. The van der Waals surface area contributed by atoms with Crippen molar-refractivity contribution >= 4 is 11.8 Å². The van der Waals surface area contributed by atoms with E-state index in [4.69, 9.17) is 5.26 Å². The highest BCUT2D eigenvalue weighted by molar-refractivity contribution is 6.04. The van der Waals surface area contributed by atoms with Crippen LogP contribution in [0.15, 0.2) is 30.3 Å². The van der Waals surface area contributed by atoms with Crippen LogP contribution in [0.5, 0.6) is 0 Å². The molecule has 0 aliphatic carbocycles. The summed E-state index contributed by atoms with van der Waals surface area (Å²) in [7, 11) is 0. The molecule has 0 aliphatic rings. The van der Waals surface area contributed by atoms with Crippen molar-refractivity contribution in [3.8, 4) is 6.07 Å². The smallest absolute Gasteiger partial charge is 0.261 e. The van der Waals surface area contributed by atoms with Gasteiger partial charge < -0.3 is 0 Å². The van der Waals surface area contributed by atoms with Gasteiger partial charge in [0.25, 0.3) is 5.91 Å². The Labute approximate surface area is 87.7 Å². The first-order valence-electron chi connectivity index (χ1n) is 4.41. The Morgan fingerprint density at radius 1 is 1.33 bits per heavy atom. The first kappa shape index (κ1) is 10.9. The molecule has 1 rings (SSSR count). The molecule has 76 valence electrons. The highest BCUT2D eigenvalue weighted by atomic mass is 16.2. The van der Waals surface area contributed by atoms with E-state index < -0.39 is 11.8 Å². The number of hydrogen-bond donors (Lipinski definition) is 0. The summed E-state index contributed by atoms with van der Waals surface area (Å²) in [5, 5.41) is 8.49. The number of amides is 2. The molecule has 1 aromatic carbocycles. The Hall–Kier alpha value is -2.15. The second kappa shape index (κ2) is 4.91. The van der Waals surface area contributed by atoms with Gasteiger partial charge in [-0.1, -0.05) is 18.2 Å². The van der Waals surface area contributed by atoms with E-state index in [0.717, 1.165) is 4.90 Å². The fourth-order valence-corrected chi connectivity index (χ4v) is 1.13. The van der Waals surface area contributed by atoms with Crippen LogP contribution in [0.25, 0.3) is 0 Å². The number of benzene rings is 1. The lowest BCUT2D eigenvalue weighted by Gasteiger charge is -2.14. The Morgan fingerprint density at radius 3 is 2.40 bits per heavy atom. The third-order valence-corrected chi connectivity index (χ3v) is 1.87. The molecule has 2 amide bonds. The van der Waals surface area contributed by atoms with E-state index in [2.05, 4.69) is 0 Å². The summed E-state index contributed by atoms with van der Waals surface area (Å²) in [6, 6.07) is 10.2. The van der Waals surface area contributed by atoms with Gasteiger partial charge in [-0.2, -0.15) is 5.26 Å². The number of carbonyl (C=O) groups is 2. The SMILES string of the molecule is CC(=O)N(CC#N)C(=O)c1ccccc1. The highest BCUT2D eigenvalue weighted by Crippen LogP contribution is 2.04. The third-order valence-electron chi connectivity index (χ3n) is 1.87. The lowest BCUT2D eigenvalue weighted by Crippen LogP contribution is -2.35. The summed E-state index contributed by atoms with van der Waals surface area (Å²) in [5.41, 5.74) is 0.406. The molecular formula is C11H10N2O2. The topological polar surface area (TPSA) is 61.2 Å². The minimum atomic E-state index is -0.440. The summed E-state index contributed by atoms with van der Waals surface area (Å²) in [6.07, 6.45) is 0. The van der Waals surface area contributed by atoms with Crippen molar-refractivity contribution in [3.63, 3.8) is 0 Å². The van der Waals surface area contributed by atoms with Crippen molar-refractivity contribution in [2.24, 2.45) is 0 Å². The molecule has 0 radical (unpaired) electrons. The zero-order valence-electron chi connectivity index (χ0n) is 8.30. The van der Waals surface area contributed by atoms with E-state index in [1.165, 1.54) is 6.92 Å². The minimum Gasteiger partial charge on any atom is -0.275 e. The molecule has 0 unspecified atom stereocenters. The molecular weight excluding hydrogens is 192 g/mol. The number of hydrogen-bond acceptors (Lipinski definition) is 3. The van der Waals surface area contributed by atoms with Gasteiger partial charge in [0.1, 0.15) is 6.54 Å². The molecule has 15 heavy (non-hydrogen) atoms. The molecule has 0 saturated heterocycles. The van der Waals surface area contributed by atoms with E-state index in [-0.39, 0.29) is 6.54 Å². The van der Waals surface area contributed by atoms with E-state index >= 15 is 0 Å². The average molecular weight is 202 g/mol. The number of carbonyl (C=O) groups excluding carboxylic acids is 2. The van der Waals surface area contributed by atoms with Crippen LogP contribution >= 0.6 is 0 Å². The maximum absolute atomic E-state index is 11.7. The second-order valence-electron chi connectivity index (χ2n) is 2.93. The first-order valence-corrected chi connectivity index (χ1v) is 4.41. The van der Waals surface area contributed by atoms with Crippen LogP contribution in [0.4, 0.5) is 0 Å². The molecule has 0 bridgehead atoms. The maximum Gasteiger partial charge on any atom is 0.261 e. The van der Waals surface area contributed by atoms with E-state index in [0.29, 0.717) is 5.56 Å². The van der Waals surface area contributed by atoms with Gasteiger partial charge in [-0.05, 0) is 12.1 Å². The Kier molecular flexibility index (Phi) is 3.58. The van der Waals surface area contributed by atoms with Crippen LogP contribution in [-0.2, 0) is 4.79 Å². The van der Waals surface area contributed by atoms with Crippen LogP contribution in [-0.4, -0.2) is 23.3 Å². The maximum atomic E-state index is 11.7. The Morgan fingerprint density at radius 2 is 1.93 bits per heavy atom. The third kappa shape index (κ3) is 2.64. The van der Waals surface area contributed by atoms with Crippen molar-refractivity contribution in [1.82, 2.24) is 4.90 Å². The monoisotopic (exact) mass is 202 g/mol. The van der Waals surface area contributed by atoms with Crippen LogP contribution < -0.4 is 0 Å². The summed E-state index contributed by atoms with van der Waals surface area (Å²) in [6.45, 7) is 1.04. The average Bonchev–Trinajstić information content (AvgIpc) is 2.26. The zero-order chi connectivity index (χ0) is 11.3. The fraction of sp³-hybridized carbons (Fsp3) is 0.182. The van der Waals surface area contributed by atoms with Gasteiger partial charge in [-0.3, -0.25) is 14.5 Å². The molecule has 0 fully saturated rings. The van der Waals surface area contributed by atoms with Gasteiger partial charge in [0.05, 0.1) is 6.07 Å². The summed E-state index contributed by atoms with van der Waals surface area (Å²) in [5.74, 6) is -0.866. The van der Waals surface area contributed by atoms with Gasteiger partial charge >= 0.3 is 0 Å². The van der Waals surface area contributed by atoms with E-state index in [1.807, 2.05) is 0 Å². The van der Waals surface area contributed by atoms with E-state index in [9.17, 15) is 9.59 Å². The molecule has 1 aromatic rings. The predicted molar refractivity (Wildman–Crippen MR) is 53.8 cm³/mol. The normalized spacial score (nSPS) is 9.07.